The zero-order chi connectivity index (χ0) is 24.8. The van der Waals surface area contributed by atoms with Gasteiger partial charge in [0.05, 0.1) is 45.2 Å². The SMILES string of the molecule is COc1cc(C(=O)Oc2ccc(/C=N/NC(=O)Cc3cn4ccsc4n3)cc2)cc(OC)c1OC. The highest BCUT2D eigenvalue weighted by atomic mass is 32.1. The van der Waals surface area contributed by atoms with Gasteiger partial charge in [0.2, 0.25) is 11.7 Å². The molecule has 0 saturated carbocycles. The number of carbonyl (C=O) groups is 2. The number of nitrogens with zero attached hydrogens (tertiary/aromatic N) is 3. The standard InChI is InChI=1S/C24H22N4O6S/c1-31-19-10-16(11-20(32-2)22(19)33-3)23(30)34-18-6-4-15(5-7-18)13-25-27-21(29)12-17-14-28-8-9-35-24(28)26-17/h4-11,13-14H,12H2,1-3H3,(H,27,29)/b25-13+. The van der Waals surface area contributed by atoms with Gasteiger partial charge in [0.15, 0.2) is 16.5 Å². The van der Waals surface area contributed by atoms with E-state index >= 15 is 0 Å². The summed E-state index contributed by atoms with van der Waals surface area (Å²) in [4.78, 5) is 29.9. The van der Waals surface area contributed by atoms with Crippen LogP contribution in [0, 0.1) is 0 Å². The molecule has 0 atom stereocenters. The molecule has 35 heavy (non-hydrogen) atoms. The van der Waals surface area contributed by atoms with Crippen LogP contribution < -0.4 is 24.4 Å². The van der Waals surface area contributed by atoms with Crippen LogP contribution in [0.4, 0.5) is 0 Å². The van der Waals surface area contributed by atoms with Crippen LogP contribution in [0.1, 0.15) is 21.6 Å². The van der Waals surface area contributed by atoms with Crippen LogP contribution in [0.25, 0.3) is 4.96 Å². The number of imidazole rings is 1. The third-order valence-corrected chi connectivity index (χ3v) is 5.65. The summed E-state index contributed by atoms with van der Waals surface area (Å²) in [6, 6.07) is 9.68. The third-order valence-electron chi connectivity index (χ3n) is 4.88. The fourth-order valence-electron chi connectivity index (χ4n) is 3.23. The molecule has 11 heteroatoms. The Morgan fingerprint density at radius 3 is 2.43 bits per heavy atom. The fraction of sp³-hybridized carbons (Fsp3) is 0.167. The maximum atomic E-state index is 12.6. The summed E-state index contributed by atoms with van der Waals surface area (Å²) >= 11 is 1.50. The molecule has 4 rings (SSSR count). The van der Waals surface area contributed by atoms with Gasteiger partial charge in [-0.05, 0) is 42.0 Å². The summed E-state index contributed by atoms with van der Waals surface area (Å²) in [5.41, 5.74) is 4.10. The average molecular weight is 495 g/mol. The van der Waals surface area contributed by atoms with E-state index in [-0.39, 0.29) is 17.9 Å². The first-order chi connectivity index (χ1) is 17.0. The summed E-state index contributed by atoms with van der Waals surface area (Å²) in [6.45, 7) is 0. The molecule has 0 unspecified atom stereocenters. The number of amides is 1. The molecule has 0 bridgehead atoms. The van der Waals surface area contributed by atoms with Crippen LogP contribution in [0.15, 0.2) is 59.3 Å². The van der Waals surface area contributed by atoms with E-state index in [0.717, 1.165) is 4.96 Å². The molecular weight excluding hydrogens is 472 g/mol. The number of hydrogen-bond donors (Lipinski definition) is 1. The van der Waals surface area contributed by atoms with Crippen LogP contribution in [-0.2, 0) is 11.2 Å². The van der Waals surface area contributed by atoms with Gasteiger partial charge >= 0.3 is 5.97 Å². The van der Waals surface area contributed by atoms with Crippen molar-refractivity contribution in [1.82, 2.24) is 14.8 Å². The summed E-state index contributed by atoms with van der Waals surface area (Å²) < 4.78 is 23.1. The van der Waals surface area contributed by atoms with Crippen molar-refractivity contribution in [2.24, 2.45) is 5.10 Å². The highest BCUT2D eigenvalue weighted by Crippen LogP contribution is 2.38. The van der Waals surface area contributed by atoms with E-state index in [1.165, 1.54) is 51.0 Å². The minimum atomic E-state index is -0.586. The van der Waals surface area contributed by atoms with Crippen molar-refractivity contribution in [2.75, 3.05) is 21.3 Å². The number of fused-ring (bicyclic) bond motifs is 1. The zero-order valence-electron chi connectivity index (χ0n) is 19.2. The van der Waals surface area contributed by atoms with Gasteiger partial charge in [0.25, 0.3) is 0 Å². The molecule has 0 fully saturated rings. The molecule has 4 aromatic rings. The largest absolute Gasteiger partial charge is 0.493 e. The van der Waals surface area contributed by atoms with Crippen LogP contribution >= 0.6 is 11.3 Å². The van der Waals surface area contributed by atoms with E-state index in [9.17, 15) is 9.59 Å². The maximum absolute atomic E-state index is 12.6. The van der Waals surface area contributed by atoms with E-state index in [4.69, 9.17) is 18.9 Å². The van der Waals surface area contributed by atoms with Crippen molar-refractivity contribution in [3.05, 3.63) is 71.0 Å². The Kier molecular flexibility index (Phi) is 7.27. The first kappa shape index (κ1) is 23.8. The van der Waals surface area contributed by atoms with Crippen molar-refractivity contribution in [3.63, 3.8) is 0 Å². The number of benzene rings is 2. The summed E-state index contributed by atoms with van der Waals surface area (Å²) in [5, 5.41) is 5.89. The number of nitrogens with one attached hydrogen (secondary N) is 1. The second-order valence-corrected chi connectivity index (χ2v) is 8.04. The molecule has 1 amide bonds. The van der Waals surface area contributed by atoms with E-state index in [1.807, 2.05) is 22.2 Å². The Bertz CT molecular complexity index is 1320. The Labute approximate surface area is 204 Å². The van der Waals surface area contributed by atoms with Crippen LogP contribution in [0.5, 0.6) is 23.0 Å². The lowest BCUT2D eigenvalue weighted by Gasteiger charge is -2.13. The predicted octanol–water partition coefficient (Wildman–Crippen LogP) is 3.33. The van der Waals surface area contributed by atoms with Gasteiger partial charge in [0.1, 0.15) is 5.75 Å². The summed E-state index contributed by atoms with van der Waals surface area (Å²) in [5.74, 6) is 0.553. The fourth-order valence-corrected chi connectivity index (χ4v) is 3.95. The van der Waals surface area contributed by atoms with Crippen molar-refractivity contribution >= 4 is 34.4 Å². The monoisotopic (exact) mass is 494 g/mol. The molecule has 0 saturated heterocycles. The molecular formula is C24H22N4O6S. The Morgan fingerprint density at radius 1 is 1.09 bits per heavy atom. The van der Waals surface area contributed by atoms with Crippen LogP contribution in [-0.4, -0.2) is 48.8 Å². The summed E-state index contributed by atoms with van der Waals surface area (Å²) in [6.07, 6.45) is 5.32. The van der Waals surface area contributed by atoms with E-state index < -0.39 is 5.97 Å². The van der Waals surface area contributed by atoms with Crippen LogP contribution in [0.3, 0.4) is 0 Å². The number of ether oxygens (including phenoxy) is 4. The normalized spacial score (nSPS) is 10.9. The summed E-state index contributed by atoms with van der Waals surface area (Å²) in [7, 11) is 4.42. The predicted molar refractivity (Wildman–Crippen MR) is 130 cm³/mol. The topological polar surface area (TPSA) is 113 Å². The average Bonchev–Trinajstić information content (AvgIpc) is 3.46. The zero-order valence-corrected chi connectivity index (χ0v) is 20.0. The number of rotatable bonds is 9. The number of esters is 1. The molecule has 1 N–H and O–H groups in total. The quantitative estimate of drug-likeness (QED) is 0.164. The minimum Gasteiger partial charge on any atom is -0.493 e. The maximum Gasteiger partial charge on any atom is 0.343 e. The van der Waals surface area contributed by atoms with Gasteiger partial charge in [-0.2, -0.15) is 5.10 Å². The highest BCUT2D eigenvalue weighted by molar-refractivity contribution is 7.15. The van der Waals surface area contributed by atoms with Gasteiger partial charge in [-0.3, -0.25) is 9.20 Å². The molecule has 0 aliphatic heterocycles. The third kappa shape index (κ3) is 5.58. The molecule has 0 radical (unpaired) electrons. The lowest BCUT2D eigenvalue weighted by atomic mass is 10.2. The van der Waals surface area contributed by atoms with Gasteiger partial charge in [-0.15, -0.1) is 11.3 Å². The lowest BCUT2D eigenvalue weighted by molar-refractivity contribution is -0.120. The number of carbonyl (C=O) groups excluding carboxylic acids is 2. The number of thiazole rings is 1. The first-order valence-electron chi connectivity index (χ1n) is 10.4. The molecule has 2 aromatic heterocycles. The second kappa shape index (κ2) is 10.7. The van der Waals surface area contributed by atoms with E-state index in [2.05, 4.69) is 15.5 Å². The second-order valence-electron chi connectivity index (χ2n) is 7.17. The number of hydrogen-bond acceptors (Lipinski definition) is 9. The van der Waals surface area contributed by atoms with Gasteiger partial charge < -0.3 is 18.9 Å². The number of methoxy groups -OCH3 is 3. The first-order valence-corrected chi connectivity index (χ1v) is 11.2. The Hall–Kier alpha value is -4.38. The van der Waals surface area contributed by atoms with Gasteiger partial charge in [0, 0.05) is 17.8 Å². The van der Waals surface area contributed by atoms with Gasteiger partial charge in [-0.1, -0.05) is 0 Å². The smallest absolute Gasteiger partial charge is 0.343 e. The number of hydrazone groups is 1. The van der Waals surface area contributed by atoms with Gasteiger partial charge in [-0.25, -0.2) is 15.2 Å². The van der Waals surface area contributed by atoms with Crippen LogP contribution in [0.2, 0.25) is 0 Å². The van der Waals surface area contributed by atoms with Crippen molar-refractivity contribution in [3.8, 4) is 23.0 Å². The Balaban J connectivity index is 1.33. The highest BCUT2D eigenvalue weighted by Gasteiger charge is 2.18. The number of aromatic nitrogens is 2. The molecule has 10 nitrogen and oxygen atoms in total. The van der Waals surface area contributed by atoms with E-state index in [0.29, 0.717) is 34.3 Å². The molecule has 0 aliphatic rings. The van der Waals surface area contributed by atoms with Crippen molar-refractivity contribution < 1.29 is 28.5 Å². The molecule has 180 valence electrons. The minimum absolute atomic E-state index is 0.127. The molecule has 0 aliphatic carbocycles. The molecule has 2 aromatic carbocycles. The Morgan fingerprint density at radius 2 is 1.80 bits per heavy atom. The van der Waals surface area contributed by atoms with E-state index in [1.54, 1.807) is 24.3 Å². The van der Waals surface area contributed by atoms with Crippen molar-refractivity contribution in [1.29, 1.82) is 0 Å². The lowest BCUT2D eigenvalue weighted by Crippen LogP contribution is -2.19. The molecule has 2 heterocycles. The molecule has 0 spiro atoms. The van der Waals surface area contributed by atoms with Crippen molar-refractivity contribution in [2.45, 2.75) is 6.42 Å².